The van der Waals surface area contributed by atoms with Gasteiger partial charge in [0, 0.05) is 12.3 Å². The third kappa shape index (κ3) is 3.24. The second-order valence-electron chi connectivity index (χ2n) is 4.33. The summed E-state index contributed by atoms with van der Waals surface area (Å²) in [5, 5.41) is 11.8. The van der Waals surface area contributed by atoms with Gasteiger partial charge >= 0.3 is 5.97 Å². The van der Waals surface area contributed by atoms with Gasteiger partial charge in [0.15, 0.2) is 0 Å². The summed E-state index contributed by atoms with van der Waals surface area (Å²) in [5.41, 5.74) is 0.394. The molecule has 0 saturated heterocycles. The topological polar surface area (TPSA) is 75.6 Å². The molecule has 0 bridgehead atoms. The molecule has 6 heteroatoms. The quantitative estimate of drug-likeness (QED) is 0.870. The number of hydrogen-bond acceptors (Lipinski definition) is 3. The van der Waals surface area contributed by atoms with Crippen LogP contribution < -0.4 is 5.32 Å². The van der Waals surface area contributed by atoms with E-state index in [1.807, 2.05) is 6.92 Å². The lowest BCUT2D eigenvalue weighted by atomic mass is 10.2. The van der Waals surface area contributed by atoms with E-state index in [0.29, 0.717) is 18.7 Å². The van der Waals surface area contributed by atoms with E-state index in [9.17, 15) is 9.59 Å². The van der Waals surface area contributed by atoms with E-state index < -0.39 is 5.97 Å². The van der Waals surface area contributed by atoms with Gasteiger partial charge in [0.25, 0.3) is 0 Å². The van der Waals surface area contributed by atoms with Crippen molar-refractivity contribution >= 4 is 29.2 Å². The molecule has 1 aromatic rings. The molecule has 102 valence electrons. The fraction of sp³-hybridized carbons (Fsp3) is 0.385. The van der Waals surface area contributed by atoms with Crippen LogP contribution in [0.1, 0.15) is 23.7 Å². The third-order valence-corrected chi connectivity index (χ3v) is 3.24. The summed E-state index contributed by atoms with van der Waals surface area (Å²) in [7, 11) is 0. The van der Waals surface area contributed by atoms with Crippen LogP contribution in [0.25, 0.3) is 0 Å². The van der Waals surface area contributed by atoms with Crippen molar-refractivity contribution in [3.63, 3.8) is 0 Å². The number of carboxylic acids is 1. The summed E-state index contributed by atoms with van der Waals surface area (Å²) in [6, 6.07) is 4.37. The second kappa shape index (κ2) is 5.59. The average molecular weight is 284 g/mol. The van der Waals surface area contributed by atoms with E-state index in [4.69, 9.17) is 21.4 Å². The molecule has 1 aliphatic carbocycles. The van der Waals surface area contributed by atoms with Gasteiger partial charge in [-0.1, -0.05) is 11.6 Å². The highest BCUT2D eigenvalue weighted by molar-refractivity contribution is 6.33. The van der Waals surface area contributed by atoms with Crippen molar-refractivity contribution < 1.29 is 19.4 Å². The number of halogens is 1. The number of benzene rings is 1. The zero-order valence-electron chi connectivity index (χ0n) is 10.4. The smallest absolute Gasteiger partial charge is 0.337 e. The number of anilines is 1. The molecule has 0 radical (unpaired) electrons. The Balaban J connectivity index is 2.02. The molecule has 5 nitrogen and oxygen atoms in total. The minimum atomic E-state index is -1.13. The molecular weight excluding hydrogens is 270 g/mol. The lowest BCUT2D eigenvalue weighted by Gasteiger charge is -2.07. The van der Waals surface area contributed by atoms with Crippen molar-refractivity contribution in [1.29, 1.82) is 0 Å². The molecule has 1 fully saturated rings. The number of aromatic carboxylic acids is 1. The summed E-state index contributed by atoms with van der Waals surface area (Å²) in [6.45, 7) is 2.46. The van der Waals surface area contributed by atoms with Crippen LogP contribution in [0.15, 0.2) is 18.2 Å². The van der Waals surface area contributed by atoms with Crippen LogP contribution in [0.3, 0.4) is 0 Å². The lowest BCUT2D eigenvalue weighted by molar-refractivity contribution is -0.118. The number of carbonyl (C=O) groups excluding carboxylic acids is 1. The number of amides is 1. The van der Waals surface area contributed by atoms with Crippen LogP contribution in [-0.2, 0) is 9.53 Å². The molecule has 2 atom stereocenters. The van der Waals surface area contributed by atoms with Crippen molar-refractivity contribution in [2.75, 3.05) is 11.9 Å². The van der Waals surface area contributed by atoms with Gasteiger partial charge in [-0.15, -0.1) is 0 Å². The molecule has 0 aliphatic heterocycles. The maximum atomic E-state index is 11.9. The van der Waals surface area contributed by atoms with Gasteiger partial charge in [-0.2, -0.15) is 0 Å². The lowest BCUT2D eigenvalue weighted by Crippen LogP contribution is -2.17. The molecule has 0 aromatic heterocycles. The number of hydrogen-bond donors (Lipinski definition) is 2. The van der Waals surface area contributed by atoms with Crippen molar-refractivity contribution in [2.45, 2.75) is 19.4 Å². The van der Waals surface area contributed by atoms with Crippen LogP contribution in [0, 0.1) is 5.92 Å². The molecule has 19 heavy (non-hydrogen) atoms. The van der Waals surface area contributed by atoms with Crippen molar-refractivity contribution in [1.82, 2.24) is 0 Å². The summed E-state index contributed by atoms with van der Waals surface area (Å²) in [5.74, 6) is -1.43. The molecule has 2 rings (SSSR count). The van der Waals surface area contributed by atoms with E-state index in [1.165, 1.54) is 12.1 Å². The van der Waals surface area contributed by atoms with E-state index in [0.717, 1.165) is 0 Å². The summed E-state index contributed by atoms with van der Waals surface area (Å²) in [4.78, 5) is 22.8. The van der Waals surface area contributed by atoms with Gasteiger partial charge in [0.1, 0.15) is 0 Å². The van der Waals surface area contributed by atoms with Crippen molar-refractivity contribution in [3.05, 3.63) is 28.8 Å². The van der Waals surface area contributed by atoms with Gasteiger partial charge in [-0.25, -0.2) is 4.79 Å². The highest BCUT2D eigenvalue weighted by Gasteiger charge is 2.43. The second-order valence-corrected chi connectivity index (χ2v) is 4.73. The molecule has 2 unspecified atom stereocenters. The highest BCUT2D eigenvalue weighted by atomic mass is 35.5. The average Bonchev–Trinajstić information content (AvgIpc) is 3.11. The first-order chi connectivity index (χ1) is 9.02. The maximum absolute atomic E-state index is 11.9. The molecule has 2 N–H and O–H groups in total. The molecular formula is C13H14ClNO4. The van der Waals surface area contributed by atoms with Crippen LogP contribution in [0.4, 0.5) is 5.69 Å². The third-order valence-electron chi connectivity index (χ3n) is 2.91. The van der Waals surface area contributed by atoms with Crippen LogP contribution in [0.2, 0.25) is 5.02 Å². The minimum Gasteiger partial charge on any atom is -0.478 e. The van der Waals surface area contributed by atoms with E-state index in [-0.39, 0.29) is 28.5 Å². The Bertz CT molecular complexity index is 517. The maximum Gasteiger partial charge on any atom is 0.337 e. The summed E-state index contributed by atoms with van der Waals surface area (Å²) >= 11 is 5.75. The largest absolute Gasteiger partial charge is 0.478 e. The van der Waals surface area contributed by atoms with Crippen LogP contribution in [-0.4, -0.2) is 29.7 Å². The Hall–Kier alpha value is -1.59. The first-order valence-corrected chi connectivity index (χ1v) is 6.36. The van der Waals surface area contributed by atoms with E-state index in [1.54, 1.807) is 6.07 Å². The summed E-state index contributed by atoms with van der Waals surface area (Å²) < 4.78 is 5.33. The Labute approximate surface area is 115 Å². The van der Waals surface area contributed by atoms with Gasteiger partial charge in [-0.3, -0.25) is 4.79 Å². The Morgan fingerprint density at radius 2 is 2.26 bits per heavy atom. The fourth-order valence-corrected chi connectivity index (χ4v) is 2.05. The molecule has 1 saturated carbocycles. The van der Waals surface area contributed by atoms with Crippen molar-refractivity contribution in [2.24, 2.45) is 5.92 Å². The normalized spacial score (nSPS) is 20.9. The SMILES string of the molecule is CCOC1CC1C(=O)Nc1ccc(Cl)c(C(=O)O)c1. The predicted molar refractivity (Wildman–Crippen MR) is 70.6 cm³/mol. The monoisotopic (exact) mass is 283 g/mol. The number of carboxylic acid groups (broad SMARTS) is 1. The number of nitrogens with one attached hydrogen (secondary N) is 1. The van der Waals surface area contributed by atoms with Gasteiger partial charge in [0.2, 0.25) is 5.91 Å². The Morgan fingerprint density at radius 3 is 2.89 bits per heavy atom. The van der Waals surface area contributed by atoms with Gasteiger partial charge in [0.05, 0.1) is 22.6 Å². The molecule has 1 amide bonds. The first kappa shape index (κ1) is 13.8. The van der Waals surface area contributed by atoms with E-state index >= 15 is 0 Å². The van der Waals surface area contributed by atoms with Crippen LogP contribution >= 0.6 is 11.6 Å². The number of rotatable bonds is 5. The number of ether oxygens (including phenoxy) is 1. The Kier molecular flexibility index (Phi) is 4.07. The summed E-state index contributed by atoms with van der Waals surface area (Å²) in [6.07, 6.45) is 0.690. The number of carbonyl (C=O) groups is 2. The van der Waals surface area contributed by atoms with E-state index in [2.05, 4.69) is 5.32 Å². The zero-order chi connectivity index (χ0) is 14.0. The van der Waals surface area contributed by atoms with Gasteiger partial charge in [-0.05, 0) is 31.5 Å². The minimum absolute atomic E-state index is 0.0174. The highest BCUT2D eigenvalue weighted by Crippen LogP contribution is 2.35. The Morgan fingerprint density at radius 1 is 1.53 bits per heavy atom. The predicted octanol–water partition coefficient (Wildman–Crippen LogP) is 2.40. The fourth-order valence-electron chi connectivity index (χ4n) is 1.85. The molecule has 0 spiro atoms. The first-order valence-electron chi connectivity index (χ1n) is 5.98. The van der Waals surface area contributed by atoms with Crippen LogP contribution in [0.5, 0.6) is 0 Å². The van der Waals surface area contributed by atoms with Gasteiger partial charge < -0.3 is 15.2 Å². The zero-order valence-corrected chi connectivity index (χ0v) is 11.1. The standard InChI is InChI=1S/C13H14ClNO4/c1-2-19-11-6-9(11)12(16)15-7-3-4-10(14)8(5-7)13(17)18/h3-5,9,11H,2,6H2,1H3,(H,15,16)(H,17,18). The molecule has 1 aromatic carbocycles. The molecule has 0 heterocycles. The molecule has 1 aliphatic rings. The van der Waals surface area contributed by atoms with Crippen molar-refractivity contribution in [3.8, 4) is 0 Å².